The monoisotopic (exact) mass is 288 g/mol. The molecule has 1 saturated carbocycles. The zero-order valence-electron chi connectivity index (χ0n) is 12.4. The maximum Gasteiger partial charge on any atom is 0.242 e. The van der Waals surface area contributed by atoms with Gasteiger partial charge in [0.25, 0.3) is 0 Å². The van der Waals surface area contributed by atoms with Crippen molar-refractivity contribution < 1.29 is 9.90 Å². The molecule has 1 heterocycles. The lowest BCUT2D eigenvalue weighted by Gasteiger charge is -2.35. The van der Waals surface area contributed by atoms with Gasteiger partial charge in [0.2, 0.25) is 5.91 Å². The maximum atomic E-state index is 12.2. The largest absolute Gasteiger partial charge is 0.392 e. The van der Waals surface area contributed by atoms with Crippen LogP contribution in [0.1, 0.15) is 31.2 Å². The smallest absolute Gasteiger partial charge is 0.242 e. The number of nitrogens with two attached hydrogens (primary N) is 1. The number of hydrogen-bond donors (Lipinski definition) is 2. The van der Waals surface area contributed by atoms with E-state index < -0.39 is 5.54 Å². The molecule has 3 rings (SSSR count). The van der Waals surface area contributed by atoms with Crippen molar-refractivity contribution in [1.29, 1.82) is 0 Å². The second-order valence-corrected chi connectivity index (χ2v) is 6.54. The molecule has 0 bridgehead atoms. The van der Waals surface area contributed by atoms with Crippen LogP contribution in [0.25, 0.3) is 0 Å². The molecule has 1 amide bonds. The van der Waals surface area contributed by atoms with E-state index in [1.807, 2.05) is 35.2 Å². The standard InChI is InChI=1S/C17H24N2O2/c18-17(8-9-17)16(21)19-10-6-14(7-11-19)15(20)12-13-4-2-1-3-5-13/h1-5,14-15,20H,6-12,18H2. The Morgan fingerprint density at radius 2 is 1.90 bits per heavy atom. The average Bonchev–Trinajstić information content (AvgIpc) is 3.27. The fourth-order valence-electron chi connectivity index (χ4n) is 3.17. The minimum Gasteiger partial charge on any atom is -0.392 e. The van der Waals surface area contributed by atoms with Gasteiger partial charge < -0.3 is 15.7 Å². The Morgan fingerprint density at radius 3 is 2.48 bits per heavy atom. The number of aliphatic hydroxyl groups is 1. The molecule has 4 nitrogen and oxygen atoms in total. The Bertz CT molecular complexity index is 491. The van der Waals surface area contributed by atoms with Gasteiger partial charge in [0.1, 0.15) is 0 Å². The van der Waals surface area contributed by atoms with Gasteiger partial charge in [0, 0.05) is 13.1 Å². The number of benzene rings is 1. The molecule has 4 heteroatoms. The van der Waals surface area contributed by atoms with E-state index in [0.717, 1.165) is 38.8 Å². The van der Waals surface area contributed by atoms with Crippen LogP contribution >= 0.6 is 0 Å². The van der Waals surface area contributed by atoms with Crippen molar-refractivity contribution in [2.24, 2.45) is 11.7 Å². The molecule has 1 aromatic rings. The maximum absolute atomic E-state index is 12.2. The summed E-state index contributed by atoms with van der Waals surface area (Å²) in [6.45, 7) is 1.46. The summed E-state index contributed by atoms with van der Waals surface area (Å²) in [6.07, 6.45) is 3.76. The van der Waals surface area contributed by atoms with E-state index in [-0.39, 0.29) is 17.9 Å². The number of amides is 1. The highest BCUT2D eigenvalue weighted by Gasteiger charge is 2.48. The molecule has 0 radical (unpaired) electrons. The van der Waals surface area contributed by atoms with Crippen LogP contribution in [0.3, 0.4) is 0 Å². The first kappa shape index (κ1) is 14.5. The molecule has 1 atom stereocenters. The molecule has 1 saturated heterocycles. The van der Waals surface area contributed by atoms with E-state index in [9.17, 15) is 9.90 Å². The van der Waals surface area contributed by atoms with Gasteiger partial charge >= 0.3 is 0 Å². The van der Waals surface area contributed by atoms with E-state index in [1.54, 1.807) is 0 Å². The van der Waals surface area contributed by atoms with E-state index in [0.29, 0.717) is 6.42 Å². The number of piperidine rings is 1. The van der Waals surface area contributed by atoms with Gasteiger partial charge in [0.15, 0.2) is 0 Å². The minimum absolute atomic E-state index is 0.110. The van der Waals surface area contributed by atoms with Crippen LogP contribution in [-0.4, -0.2) is 40.6 Å². The first-order valence-corrected chi connectivity index (χ1v) is 7.89. The number of aliphatic hydroxyl groups excluding tert-OH is 1. The molecule has 1 unspecified atom stereocenters. The van der Waals surface area contributed by atoms with E-state index >= 15 is 0 Å². The second-order valence-electron chi connectivity index (χ2n) is 6.54. The van der Waals surface area contributed by atoms with Gasteiger partial charge in [-0.25, -0.2) is 0 Å². The zero-order valence-corrected chi connectivity index (χ0v) is 12.4. The van der Waals surface area contributed by atoms with E-state index in [1.165, 1.54) is 5.56 Å². The summed E-state index contributed by atoms with van der Waals surface area (Å²) < 4.78 is 0. The van der Waals surface area contributed by atoms with Gasteiger partial charge in [-0.3, -0.25) is 4.79 Å². The molecule has 2 aliphatic rings. The number of rotatable bonds is 4. The first-order valence-electron chi connectivity index (χ1n) is 7.89. The van der Waals surface area contributed by atoms with Crippen LogP contribution in [0.15, 0.2) is 30.3 Å². The Kier molecular flexibility index (Phi) is 4.00. The SMILES string of the molecule is NC1(C(=O)N2CCC(C(O)Cc3ccccc3)CC2)CC1. The van der Waals surface area contributed by atoms with Crippen LogP contribution in [0, 0.1) is 5.92 Å². The number of carbonyl (C=O) groups is 1. The molecule has 2 fully saturated rings. The topological polar surface area (TPSA) is 66.6 Å². The zero-order chi connectivity index (χ0) is 14.9. The third-order valence-corrected chi connectivity index (χ3v) is 4.87. The van der Waals surface area contributed by atoms with Crippen LogP contribution < -0.4 is 5.73 Å². The predicted molar refractivity (Wildman–Crippen MR) is 81.6 cm³/mol. The Balaban J connectivity index is 1.50. The predicted octanol–water partition coefficient (Wildman–Crippen LogP) is 1.32. The highest BCUT2D eigenvalue weighted by molar-refractivity contribution is 5.89. The molecule has 21 heavy (non-hydrogen) atoms. The van der Waals surface area contributed by atoms with Gasteiger partial charge in [-0.1, -0.05) is 30.3 Å². The van der Waals surface area contributed by atoms with Crippen molar-refractivity contribution in [3.63, 3.8) is 0 Å². The van der Waals surface area contributed by atoms with Crippen molar-refractivity contribution >= 4 is 5.91 Å². The first-order chi connectivity index (χ1) is 10.1. The Morgan fingerprint density at radius 1 is 1.29 bits per heavy atom. The molecule has 1 aliphatic carbocycles. The molecular weight excluding hydrogens is 264 g/mol. The van der Waals surface area contributed by atoms with E-state index in [2.05, 4.69) is 0 Å². The molecular formula is C17H24N2O2. The highest BCUT2D eigenvalue weighted by Crippen LogP contribution is 2.35. The second kappa shape index (κ2) is 5.78. The van der Waals surface area contributed by atoms with Gasteiger partial charge in [-0.05, 0) is 43.6 Å². The van der Waals surface area contributed by atoms with Crippen LogP contribution in [0.2, 0.25) is 0 Å². The summed E-state index contributed by atoms with van der Waals surface area (Å²) >= 11 is 0. The third-order valence-electron chi connectivity index (χ3n) is 4.87. The molecule has 1 aliphatic heterocycles. The van der Waals surface area contributed by atoms with Crippen molar-refractivity contribution in [1.82, 2.24) is 4.90 Å². The Hall–Kier alpha value is -1.39. The fourth-order valence-corrected chi connectivity index (χ4v) is 3.17. The normalized spacial score (nSPS) is 22.9. The summed E-state index contributed by atoms with van der Waals surface area (Å²) in [4.78, 5) is 14.1. The van der Waals surface area contributed by atoms with Crippen LogP contribution in [0.4, 0.5) is 0 Å². The number of nitrogens with zero attached hydrogens (tertiary/aromatic N) is 1. The van der Waals surface area contributed by atoms with Crippen molar-refractivity contribution in [2.75, 3.05) is 13.1 Å². The molecule has 3 N–H and O–H groups in total. The lowest BCUT2D eigenvalue weighted by Crippen LogP contribution is -2.49. The Labute approximate surface area is 125 Å². The molecule has 0 aromatic heterocycles. The molecule has 114 valence electrons. The summed E-state index contributed by atoms with van der Waals surface area (Å²) in [5, 5.41) is 10.4. The fraction of sp³-hybridized carbons (Fsp3) is 0.588. The number of hydrogen-bond acceptors (Lipinski definition) is 3. The third kappa shape index (κ3) is 3.27. The quantitative estimate of drug-likeness (QED) is 0.878. The van der Waals surface area contributed by atoms with Crippen molar-refractivity contribution in [3.05, 3.63) is 35.9 Å². The molecule has 1 aromatic carbocycles. The summed E-state index contributed by atoms with van der Waals surface area (Å²) in [6, 6.07) is 10.1. The van der Waals surface area contributed by atoms with Crippen molar-refractivity contribution in [3.8, 4) is 0 Å². The lowest BCUT2D eigenvalue weighted by atomic mass is 9.87. The van der Waals surface area contributed by atoms with Crippen LogP contribution in [-0.2, 0) is 11.2 Å². The van der Waals surface area contributed by atoms with E-state index in [4.69, 9.17) is 5.73 Å². The minimum atomic E-state index is -0.560. The van der Waals surface area contributed by atoms with Gasteiger partial charge in [-0.15, -0.1) is 0 Å². The number of carbonyl (C=O) groups excluding carboxylic acids is 1. The van der Waals surface area contributed by atoms with Gasteiger partial charge in [0.05, 0.1) is 11.6 Å². The molecule has 0 spiro atoms. The summed E-state index contributed by atoms with van der Waals surface area (Å²) in [5.74, 6) is 0.390. The average molecular weight is 288 g/mol. The van der Waals surface area contributed by atoms with Gasteiger partial charge in [-0.2, -0.15) is 0 Å². The lowest BCUT2D eigenvalue weighted by molar-refractivity contribution is -0.135. The van der Waals surface area contributed by atoms with Crippen LogP contribution in [0.5, 0.6) is 0 Å². The highest BCUT2D eigenvalue weighted by atomic mass is 16.3. The van der Waals surface area contributed by atoms with Crippen molar-refractivity contribution in [2.45, 2.75) is 43.7 Å². The number of likely N-dealkylation sites (tertiary alicyclic amines) is 1. The summed E-state index contributed by atoms with van der Waals surface area (Å²) in [7, 11) is 0. The summed E-state index contributed by atoms with van der Waals surface area (Å²) in [5.41, 5.74) is 6.59.